The molecule has 21 heavy (non-hydrogen) atoms. The van der Waals surface area contributed by atoms with Gasteiger partial charge in [0, 0.05) is 24.0 Å². The third kappa shape index (κ3) is 3.38. The van der Waals surface area contributed by atoms with Gasteiger partial charge in [-0.3, -0.25) is 9.40 Å². The van der Waals surface area contributed by atoms with Gasteiger partial charge >= 0.3 is 0 Å². The Labute approximate surface area is 124 Å². The van der Waals surface area contributed by atoms with Crippen molar-refractivity contribution in [2.24, 2.45) is 0 Å². The van der Waals surface area contributed by atoms with Crippen LogP contribution in [0.2, 0.25) is 0 Å². The van der Waals surface area contributed by atoms with Crippen LogP contribution < -0.4 is 4.72 Å². The summed E-state index contributed by atoms with van der Waals surface area (Å²) in [5.41, 5.74) is 0.748. The Morgan fingerprint density at radius 2 is 1.90 bits per heavy atom. The summed E-state index contributed by atoms with van der Waals surface area (Å²) in [7, 11) is -3.71. The lowest BCUT2D eigenvalue weighted by molar-refractivity contribution is 0.531. The van der Waals surface area contributed by atoms with Crippen LogP contribution in [-0.4, -0.2) is 28.2 Å². The van der Waals surface area contributed by atoms with Crippen LogP contribution in [0.5, 0.6) is 0 Å². The van der Waals surface area contributed by atoms with Gasteiger partial charge in [0.2, 0.25) is 0 Å². The SMILES string of the molecule is CC(C)c1cncnc1NS(=O)(=O)c1cnn(C(C)C)c1. The van der Waals surface area contributed by atoms with Crippen LogP contribution in [0.25, 0.3) is 0 Å². The number of nitrogens with one attached hydrogen (secondary N) is 1. The van der Waals surface area contributed by atoms with Crippen molar-refractivity contribution in [1.29, 1.82) is 0 Å². The fourth-order valence-electron chi connectivity index (χ4n) is 1.78. The van der Waals surface area contributed by atoms with Crippen LogP contribution >= 0.6 is 0 Å². The van der Waals surface area contributed by atoms with E-state index in [-0.39, 0.29) is 16.9 Å². The summed E-state index contributed by atoms with van der Waals surface area (Å²) in [6.45, 7) is 7.76. The maximum absolute atomic E-state index is 12.4. The van der Waals surface area contributed by atoms with Gasteiger partial charge in [-0.25, -0.2) is 18.4 Å². The Bertz CT molecular complexity index is 722. The minimum Gasteiger partial charge on any atom is -0.269 e. The molecule has 0 fully saturated rings. The highest BCUT2D eigenvalue weighted by molar-refractivity contribution is 7.92. The maximum Gasteiger partial charge on any atom is 0.266 e. The van der Waals surface area contributed by atoms with Crippen molar-refractivity contribution in [3.63, 3.8) is 0 Å². The van der Waals surface area contributed by atoms with Gasteiger partial charge in [-0.05, 0) is 19.8 Å². The van der Waals surface area contributed by atoms with Gasteiger partial charge in [-0.15, -0.1) is 0 Å². The molecule has 0 atom stereocenters. The van der Waals surface area contributed by atoms with Crippen LogP contribution in [0.3, 0.4) is 0 Å². The molecule has 0 amide bonds. The Kier molecular flexibility index (Phi) is 4.26. The Morgan fingerprint density at radius 3 is 2.48 bits per heavy atom. The number of hydrogen-bond acceptors (Lipinski definition) is 5. The molecule has 0 saturated heterocycles. The summed E-state index contributed by atoms with van der Waals surface area (Å²) < 4.78 is 28.9. The Hall–Kier alpha value is -1.96. The Morgan fingerprint density at radius 1 is 1.19 bits per heavy atom. The molecule has 0 radical (unpaired) electrons. The van der Waals surface area contributed by atoms with Crippen LogP contribution in [0.15, 0.2) is 29.8 Å². The summed E-state index contributed by atoms with van der Waals surface area (Å²) in [5, 5.41) is 4.05. The maximum atomic E-state index is 12.4. The van der Waals surface area contributed by atoms with Crippen molar-refractivity contribution in [2.75, 3.05) is 4.72 Å². The molecule has 0 aliphatic carbocycles. The summed E-state index contributed by atoms with van der Waals surface area (Å²) in [6.07, 6.45) is 5.77. The number of anilines is 1. The normalized spacial score (nSPS) is 12.1. The monoisotopic (exact) mass is 309 g/mol. The van der Waals surface area contributed by atoms with Crippen molar-refractivity contribution >= 4 is 15.8 Å². The van der Waals surface area contributed by atoms with E-state index >= 15 is 0 Å². The first-order chi connectivity index (χ1) is 9.81. The van der Waals surface area contributed by atoms with E-state index in [2.05, 4.69) is 19.8 Å². The molecule has 7 nitrogen and oxygen atoms in total. The average Bonchev–Trinajstić information content (AvgIpc) is 2.89. The molecule has 0 aliphatic rings. The molecule has 2 heterocycles. The van der Waals surface area contributed by atoms with Gasteiger partial charge < -0.3 is 0 Å². The second kappa shape index (κ2) is 5.80. The highest BCUT2D eigenvalue weighted by atomic mass is 32.2. The summed E-state index contributed by atoms with van der Waals surface area (Å²) in [5.74, 6) is 0.416. The first-order valence-electron chi connectivity index (χ1n) is 6.68. The summed E-state index contributed by atoms with van der Waals surface area (Å²) in [6, 6.07) is 0.0965. The van der Waals surface area contributed by atoms with Crippen molar-refractivity contribution in [3.8, 4) is 0 Å². The molecule has 0 aliphatic heterocycles. The van der Waals surface area contributed by atoms with Crippen molar-refractivity contribution in [1.82, 2.24) is 19.7 Å². The van der Waals surface area contributed by atoms with Crippen LogP contribution in [-0.2, 0) is 10.0 Å². The average molecular weight is 309 g/mol. The smallest absolute Gasteiger partial charge is 0.266 e. The van der Waals surface area contributed by atoms with Gasteiger partial charge in [-0.1, -0.05) is 13.8 Å². The van der Waals surface area contributed by atoms with E-state index in [1.165, 1.54) is 18.7 Å². The van der Waals surface area contributed by atoms with Crippen molar-refractivity contribution in [3.05, 3.63) is 30.5 Å². The van der Waals surface area contributed by atoms with Gasteiger partial charge in [0.1, 0.15) is 17.0 Å². The Balaban J connectivity index is 2.33. The van der Waals surface area contributed by atoms with E-state index in [1.807, 2.05) is 27.7 Å². The molecule has 0 saturated carbocycles. The second-order valence-corrected chi connectivity index (χ2v) is 7.02. The van der Waals surface area contributed by atoms with Crippen LogP contribution in [0, 0.1) is 0 Å². The number of rotatable bonds is 5. The van der Waals surface area contributed by atoms with Gasteiger partial charge in [0.25, 0.3) is 10.0 Å². The minimum atomic E-state index is -3.71. The standard InChI is InChI=1S/C13H19N5O2S/c1-9(2)12-6-14-8-15-13(12)17-21(19,20)11-5-16-18(7-11)10(3)4/h5-10H,1-4H3,(H,14,15,17). The number of hydrogen-bond donors (Lipinski definition) is 1. The summed E-state index contributed by atoms with van der Waals surface area (Å²) in [4.78, 5) is 8.07. The van der Waals surface area contributed by atoms with E-state index in [4.69, 9.17) is 0 Å². The van der Waals surface area contributed by atoms with E-state index in [9.17, 15) is 8.42 Å². The number of sulfonamides is 1. The van der Waals surface area contributed by atoms with E-state index in [1.54, 1.807) is 10.9 Å². The molecular weight excluding hydrogens is 290 g/mol. The molecule has 2 rings (SSSR count). The third-order valence-corrected chi connectivity index (χ3v) is 4.30. The highest BCUT2D eigenvalue weighted by Crippen LogP contribution is 2.23. The number of nitrogens with zero attached hydrogens (tertiary/aromatic N) is 4. The second-order valence-electron chi connectivity index (χ2n) is 5.34. The zero-order valence-corrected chi connectivity index (χ0v) is 13.3. The fourth-order valence-corrected chi connectivity index (χ4v) is 2.75. The molecule has 0 spiro atoms. The molecular formula is C13H19N5O2S. The first kappa shape index (κ1) is 15.4. The lowest BCUT2D eigenvalue weighted by Gasteiger charge is -2.12. The lowest BCUT2D eigenvalue weighted by Crippen LogP contribution is -2.15. The highest BCUT2D eigenvalue weighted by Gasteiger charge is 2.20. The summed E-state index contributed by atoms with van der Waals surface area (Å²) >= 11 is 0. The molecule has 1 N–H and O–H groups in total. The molecule has 0 bridgehead atoms. The van der Waals surface area contributed by atoms with Crippen LogP contribution in [0.4, 0.5) is 5.82 Å². The largest absolute Gasteiger partial charge is 0.269 e. The van der Waals surface area contributed by atoms with Crippen molar-refractivity contribution in [2.45, 2.75) is 44.6 Å². The molecule has 0 unspecified atom stereocenters. The molecule has 2 aromatic rings. The van der Waals surface area contributed by atoms with E-state index < -0.39 is 10.0 Å². The van der Waals surface area contributed by atoms with Crippen LogP contribution in [0.1, 0.15) is 45.2 Å². The molecule has 114 valence electrons. The third-order valence-electron chi connectivity index (χ3n) is 3.01. The quantitative estimate of drug-likeness (QED) is 0.914. The fraction of sp³-hybridized carbons (Fsp3) is 0.462. The van der Waals surface area contributed by atoms with Crippen molar-refractivity contribution < 1.29 is 8.42 Å². The predicted molar refractivity (Wildman–Crippen MR) is 79.5 cm³/mol. The van der Waals surface area contributed by atoms with Gasteiger partial charge in [0.15, 0.2) is 0 Å². The van der Waals surface area contributed by atoms with E-state index in [0.717, 1.165) is 5.56 Å². The molecule has 2 aromatic heterocycles. The predicted octanol–water partition coefficient (Wildman–Crippen LogP) is 2.18. The minimum absolute atomic E-state index is 0.0965. The molecule has 0 aromatic carbocycles. The first-order valence-corrected chi connectivity index (χ1v) is 8.16. The number of aromatic nitrogens is 4. The van der Waals surface area contributed by atoms with Gasteiger partial charge in [0.05, 0.1) is 6.20 Å². The zero-order chi connectivity index (χ0) is 15.6. The topological polar surface area (TPSA) is 89.8 Å². The van der Waals surface area contributed by atoms with E-state index in [0.29, 0.717) is 5.82 Å². The van der Waals surface area contributed by atoms with Gasteiger partial charge in [-0.2, -0.15) is 5.10 Å². The zero-order valence-electron chi connectivity index (χ0n) is 12.5. The lowest BCUT2D eigenvalue weighted by atomic mass is 10.1. The molecule has 8 heteroatoms.